The number of hydrogen-bond acceptors (Lipinski definition) is 4. The predicted molar refractivity (Wildman–Crippen MR) is 89.2 cm³/mol. The molecule has 0 saturated carbocycles. The molecule has 118 valence electrons. The maximum atomic E-state index is 10.5. The lowest BCUT2D eigenvalue weighted by atomic mass is 9.90. The molecular weight excluding hydrogens is 288 g/mol. The van der Waals surface area contributed by atoms with E-state index in [2.05, 4.69) is 23.1 Å². The molecule has 0 spiro atoms. The summed E-state index contributed by atoms with van der Waals surface area (Å²) in [5, 5.41) is 19.3. The largest absolute Gasteiger partial charge is 0.493 e. The van der Waals surface area contributed by atoms with Crippen LogP contribution in [0.4, 0.5) is 5.69 Å². The standard InChI is InChI=1S/C19H20N2O2/c1-21(16-5-3-2-4-6-16)12-14-7-8-18-17(11-14)19(22)15(9-10-20)13-23-18/h2-8,11,15,19,22H,9,12-13H2,1H3/t15-,19-/m0/s1. The second-order valence-corrected chi connectivity index (χ2v) is 5.94. The molecule has 0 fully saturated rings. The van der Waals surface area contributed by atoms with Crippen LogP contribution in [0, 0.1) is 17.2 Å². The van der Waals surface area contributed by atoms with Gasteiger partial charge in [0.25, 0.3) is 0 Å². The summed E-state index contributed by atoms with van der Waals surface area (Å²) in [7, 11) is 2.04. The summed E-state index contributed by atoms with van der Waals surface area (Å²) in [6.45, 7) is 1.14. The van der Waals surface area contributed by atoms with Crippen molar-refractivity contribution >= 4 is 5.69 Å². The van der Waals surface area contributed by atoms with Gasteiger partial charge in [-0.1, -0.05) is 24.3 Å². The molecule has 2 aromatic rings. The monoisotopic (exact) mass is 308 g/mol. The van der Waals surface area contributed by atoms with Crippen molar-refractivity contribution in [3.63, 3.8) is 0 Å². The Bertz CT molecular complexity index is 709. The molecular formula is C19H20N2O2. The third-order valence-corrected chi connectivity index (χ3v) is 4.26. The Morgan fingerprint density at radius 3 is 2.78 bits per heavy atom. The van der Waals surface area contributed by atoms with Crippen molar-refractivity contribution in [2.45, 2.75) is 19.1 Å². The number of nitriles is 1. The van der Waals surface area contributed by atoms with E-state index in [-0.39, 0.29) is 5.92 Å². The molecule has 0 aliphatic carbocycles. The molecule has 23 heavy (non-hydrogen) atoms. The van der Waals surface area contributed by atoms with Gasteiger partial charge in [0.15, 0.2) is 0 Å². The number of ether oxygens (including phenoxy) is 1. The molecule has 1 N–H and O–H groups in total. The van der Waals surface area contributed by atoms with Crippen LogP contribution in [0.2, 0.25) is 0 Å². The van der Waals surface area contributed by atoms with Crippen molar-refractivity contribution < 1.29 is 9.84 Å². The fourth-order valence-electron chi connectivity index (χ4n) is 2.94. The van der Waals surface area contributed by atoms with Gasteiger partial charge in [0.1, 0.15) is 5.75 Å². The number of hydrogen-bond donors (Lipinski definition) is 1. The van der Waals surface area contributed by atoms with Gasteiger partial charge in [-0.25, -0.2) is 0 Å². The quantitative estimate of drug-likeness (QED) is 0.941. The van der Waals surface area contributed by atoms with Gasteiger partial charge in [-0.2, -0.15) is 5.26 Å². The van der Waals surface area contributed by atoms with Crippen molar-refractivity contribution in [1.82, 2.24) is 0 Å². The molecule has 3 rings (SSSR count). The average molecular weight is 308 g/mol. The molecule has 0 bridgehead atoms. The van der Waals surface area contributed by atoms with Crippen LogP contribution in [0.1, 0.15) is 23.7 Å². The van der Waals surface area contributed by atoms with E-state index >= 15 is 0 Å². The van der Waals surface area contributed by atoms with Crippen molar-refractivity contribution in [1.29, 1.82) is 5.26 Å². The predicted octanol–water partition coefficient (Wildman–Crippen LogP) is 3.28. The minimum absolute atomic E-state index is 0.158. The van der Waals surface area contributed by atoms with Gasteiger partial charge in [-0.3, -0.25) is 0 Å². The fourth-order valence-corrected chi connectivity index (χ4v) is 2.94. The van der Waals surface area contributed by atoms with Crippen LogP contribution in [-0.4, -0.2) is 18.8 Å². The number of fused-ring (bicyclic) bond motifs is 1. The zero-order chi connectivity index (χ0) is 16.2. The van der Waals surface area contributed by atoms with E-state index in [9.17, 15) is 5.11 Å². The minimum Gasteiger partial charge on any atom is -0.493 e. The van der Waals surface area contributed by atoms with Crippen LogP contribution in [0.5, 0.6) is 5.75 Å². The molecule has 1 aliphatic rings. The second-order valence-electron chi connectivity index (χ2n) is 5.94. The summed E-state index contributed by atoms with van der Waals surface area (Å²) < 4.78 is 5.68. The van der Waals surface area contributed by atoms with E-state index in [0.717, 1.165) is 29.1 Å². The van der Waals surface area contributed by atoms with Crippen LogP contribution in [0.25, 0.3) is 0 Å². The Morgan fingerprint density at radius 1 is 1.26 bits per heavy atom. The number of aliphatic hydroxyl groups excluding tert-OH is 1. The third-order valence-electron chi connectivity index (χ3n) is 4.26. The van der Waals surface area contributed by atoms with Gasteiger partial charge in [0, 0.05) is 37.2 Å². The first-order valence-corrected chi connectivity index (χ1v) is 7.76. The highest BCUT2D eigenvalue weighted by atomic mass is 16.5. The van der Waals surface area contributed by atoms with Crippen LogP contribution >= 0.6 is 0 Å². The fraction of sp³-hybridized carbons (Fsp3) is 0.316. The normalized spacial score (nSPS) is 19.3. The van der Waals surface area contributed by atoms with E-state index in [1.165, 1.54) is 0 Å². The van der Waals surface area contributed by atoms with Crippen molar-refractivity contribution in [3.8, 4) is 11.8 Å². The summed E-state index contributed by atoms with van der Waals surface area (Å²) in [5.41, 5.74) is 3.04. The van der Waals surface area contributed by atoms with Gasteiger partial charge < -0.3 is 14.7 Å². The van der Waals surface area contributed by atoms with E-state index in [0.29, 0.717) is 13.0 Å². The number of aliphatic hydroxyl groups is 1. The van der Waals surface area contributed by atoms with Crippen molar-refractivity contribution in [3.05, 3.63) is 59.7 Å². The summed E-state index contributed by atoms with van der Waals surface area (Å²) in [6, 6.07) is 18.2. The molecule has 4 heteroatoms. The minimum atomic E-state index is -0.639. The molecule has 1 aliphatic heterocycles. The maximum absolute atomic E-state index is 10.5. The highest BCUT2D eigenvalue weighted by Crippen LogP contribution is 2.37. The molecule has 4 nitrogen and oxygen atoms in total. The lowest BCUT2D eigenvalue weighted by Gasteiger charge is -2.29. The van der Waals surface area contributed by atoms with E-state index < -0.39 is 6.10 Å². The van der Waals surface area contributed by atoms with Crippen molar-refractivity contribution in [2.75, 3.05) is 18.6 Å². The van der Waals surface area contributed by atoms with Crippen LogP contribution < -0.4 is 9.64 Å². The highest BCUT2D eigenvalue weighted by molar-refractivity contribution is 5.47. The molecule has 0 amide bonds. The van der Waals surface area contributed by atoms with E-state index in [4.69, 9.17) is 10.00 Å². The topological polar surface area (TPSA) is 56.5 Å². The number of rotatable bonds is 4. The average Bonchev–Trinajstić information content (AvgIpc) is 2.59. The number of anilines is 1. The lowest BCUT2D eigenvalue weighted by Crippen LogP contribution is -2.26. The van der Waals surface area contributed by atoms with Gasteiger partial charge in [-0.15, -0.1) is 0 Å². The van der Waals surface area contributed by atoms with Crippen LogP contribution in [0.3, 0.4) is 0 Å². The zero-order valence-corrected chi connectivity index (χ0v) is 13.1. The summed E-state index contributed by atoms with van der Waals surface area (Å²) in [4.78, 5) is 2.16. The van der Waals surface area contributed by atoms with Crippen LogP contribution in [0.15, 0.2) is 48.5 Å². The Balaban J connectivity index is 1.79. The first-order valence-electron chi connectivity index (χ1n) is 7.76. The van der Waals surface area contributed by atoms with E-state index in [1.54, 1.807) is 0 Å². The lowest BCUT2D eigenvalue weighted by molar-refractivity contribution is 0.0529. The number of benzene rings is 2. The first kappa shape index (κ1) is 15.4. The highest BCUT2D eigenvalue weighted by Gasteiger charge is 2.29. The van der Waals surface area contributed by atoms with E-state index in [1.807, 2.05) is 43.4 Å². The second kappa shape index (κ2) is 6.72. The van der Waals surface area contributed by atoms with Gasteiger partial charge in [0.05, 0.1) is 18.8 Å². The molecule has 0 radical (unpaired) electrons. The van der Waals surface area contributed by atoms with Crippen LogP contribution in [-0.2, 0) is 6.54 Å². The molecule has 1 heterocycles. The SMILES string of the molecule is CN(Cc1ccc2c(c1)[C@@H](O)[C@@H](CC#N)CO2)c1ccccc1. The van der Waals surface area contributed by atoms with Gasteiger partial charge in [-0.05, 0) is 29.8 Å². The van der Waals surface area contributed by atoms with Crippen molar-refractivity contribution in [2.24, 2.45) is 5.92 Å². The zero-order valence-electron chi connectivity index (χ0n) is 13.1. The molecule has 0 saturated heterocycles. The molecule has 2 aromatic carbocycles. The van der Waals surface area contributed by atoms with Gasteiger partial charge in [0.2, 0.25) is 0 Å². The third kappa shape index (κ3) is 3.30. The van der Waals surface area contributed by atoms with Gasteiger partial charge >= 0.3 is 0 Å². The Morgan fingerprint density at radius 2 is 2.04 bits per heavy atom. The summed E-state index contributed by atoms with van der Waals surface area (Å²) in [6.07, 6.45) is -0.338. The molecule has 0 unspecified atom stereocenters. The maximum Gasteiger partial charge on any atom is 0.125 e. The Labute approximate surface area is 136 Å². The Kier molecular flexibility index (Phi) is 4.50. The first-order chi connectivity index (χ1) is 11.2. The molecule has 2 atom stereocenters. The smallest absolute Gasteiger partial charge is 0.125 e. The summed E-state index contributed by atoms with van der Waals surface area (Å²) in [5.74, 6) is 0.562. The Hall–Kier alpha value is -2.51. The number of nitrogens with zero attached hydrogens (tertiary/aromatic N) is 2. The molecule has 0 aromatic heterocycles. The number of para-hydroxylation sites is 1. The summed E-state index contributed by atoms with van der Waals surface area (Å²) >= 11 is 0.